The number of carbonyl (C=O) groups excluding carboxylic acids is 1. The summed E-state index contributed by atoms with van der Waals surface area (Å²) < 4.78 is 8.19. The summed E-state index contributed by atoms with van der Waals surface area (Å²) in [5.41, 5.74) is 4.08. The molecular weight excluding hydrogens is 470 g/mol. The van der Waals surface area contributed by atoms with Gasteiger partial charge in [0.05, 0.1) is 23.9 Å². The van der Waals surface area contributed by atoms with E-state index in [1.54, 1.807) is 0 Å². The van der Waals surface area contributed by atoms with Crippen LogP contribution >= 0.6 is 12.2 Å². The number of hydrogen-bond donors (Lipinski definition) is 2. The molecule has 2 aliphatic rings. The molecule has 0 spiro atoms. The fraction of sp³-hybridized carbons (Fsp3) is 0.393. The Kier molecular flexibility index (Phi) is 7.63. The minimum atomic E-state index is -0.110. The number of thiocarbonyl (C=S) groups is 1. The van der Waals surface area contributed by atoms with Crippen LogP contribution in [0.4, 0.5) is 5.69 Å². The van der Waals surface area contributed by atoms with Crippen LogP contribution in [-0.2, 0) is 22.5 Å². The van der Waals surface area contributed by atoms with E-state index in [2.05, 4.69) is 50.3 Å². The van der Waals surface area contributed by atoms with E-state index in [4.69, 9.17) is 17.0 Å². The standard InChI is InChI=1S/C28H33N5O2S/c1-2-20-9-3-4-11-22(20)30-25(34)14-17-33-27(26(31-28(33)36)23-12-5-6-15-29-23)24-13-7-16-32(24)19-21-10-8-18-35-21/h3-7,9,11-13,15-16,21,26-27H,2,8,10,14,17-19H2,1H3,(H,30,34)(H,31,36)/t21-,26+,27-/m0/s1. The number of benzene rings is 1. The first-order valence-corrected chi connectivity index (χ1v) is 13.2. The molecule has 3 atom stereocenters. The van der Waals surface area contributed by atoms with Crippen LogP contribution < -0.4 is 10.6 Å². The van der Waals surface area contributed by atoms with Crippen molar-refractivity contribution >= 4 is 28.9 Å². The highest BCUT2D eigenvalue weighted by Gasteiger charge is 2.41. The van der Waals surface area contributed by atoms with E-state index in [9.17, 15) is 4.79 Å². The molecule has 7 nitrogen and oxygen atoms in total. The van der Waals surface area contributed by atoms with Crippen molar-refractivity contribution in [3.63, 3.8) is 0 Å². The molecule has 36 heavy (non-hydrogen) atoms. The Morgan fingerprint density at radius 2 is 2.06 bits per heavy atom. The largest absolute Gasteiger partial charge is 0.376 e. The number of amides is 1. The molecule has 0 aliphatic carbocycles. The number of nitrogens with zero attached hydrogens (tertiary/aromatic N) is 3. The maximum atomic E-state index is 13.0. The molecule has 0 unspecified atom stereocenters. The van der Waals surface area contributed by atoms with Gasteiger partial charge in [-0.25, -0.2) is 0 Å². The Labute approximate surface area is 217 Å². The van der Waals surface area contributed by atoms with Crippen LogP contribution in [0.3, 0.4) is 0 Å². The van der Waals surface area contributed by atoms with Gasteiger partial charge in [0.1, 0.15) is 0 Å². The summed E-state index contributed by atoms with van der Waals surface area (Å²) in [6.45, 7) is 4.23. The lowest BCUT2D eigenvalue weighted by Crippen LogP contribution is -2.33. The predicted molar refractivity (Wildman–Crippen MR) is 145 cm³/mol. The fourth-order valence-electron chi connectivity index (χ4n) is 5.22. The molecule has 2 saturated heterocycles. The van der Waals surface area contributed by atoms with E-state index in [0.717, 1.165) is 55.1 Å². The number of aromatic nitrogens is 2. The number of rotatable bonds is 9. The van der Waals surface area contributed by atoms with E-state index >= 15 is 0 Å². The lowest BCUT2D eigenvalue weighted by Gasteiger charge is -2.29. The number of anilines is 1. The molecule has 2 aromatic heterocycles. The van der Waals surface area contributed by atoms with E-state index < -0.39 is 0 Å². The molecule has 0 saturated carbocycles. The van der Waals surface area contributed by atoms with Crippen molar-refractivity contribution in [1.82, 2.24) is 19.8 Å². The Bertz CT molecular complexity index is 1190. The molecule has 3 aromatic rings. The van der Waals surface area contributed by atoms with Gasteiger partial charge in [0.2, 0.25) is 5.91 Å². The molecule has 1 aromatic carbocycles. The molecule has 2 fully saturated rings. The van der Waals surface area contributed by atoms with Crippen molar-refractivity contribution in [2.24, 2.45) is 0 Å². The topological polar surface area (TPSA) is 71.4 Å². The van der Waals surface area contributed by atoms with Gasteiger partial charge >= 0.3 is 0 Å². The van der Waals surface area contributed by atoms with Crippen molar-refractivity contribution in [2.75, 3.05) is 18.5 Å². The van der Waals surface area contributed by atoms with Crippen molar-refractivity contribution in [2.45, 2.75) is 57.3 Å². The quantitative estimate of drug-likeness (QED) is 0.415. The summed E-state index contributed by atoms with van der Waals surface area (Å²) in [6, 6.07) is 17.9. The molecule has 188 valence electrons. The van der Waals surface area contributed by atoms with Crippen LogP contribution in [0.1, 0.15) is 55.2 Å². The van der Waals surface area contributed by atoms with E-state index in [1.165, 1.54) is 0 Å². The summed E-state index contributed by atoms with van der Waals surface area (Å²) in [6.07, 6.45) is 7.53. The number of pyridine rings is 1. The number of carbonyl (C=O) groups is 1. The minimum Gasteiger partial charge on any atom is -0.376 e. The van der Waals surface area contributed by atoms with Gasteiger partial charge in [-0.3, -0.25) is 9.78 Å². The Morgan fingerprint density at radius 3 is 2.83 bits per heavy atom. The molecule has 4 heterocycles. The fourth-order valence-corrected chi connectivity index (χ4v) is 5.55. The van der Waals surface area contributed by atoms with Gasteiger partial charge in [-0.1, -0.05) is 31.2 Å². The van der Waals surface area contributed by atoms with E-state index in [0.29, 0.717) is 18.1 Å². The molecule has 1 amide bonds. The van der Waals surface area contributed by atoms with Crippen molar-refractivity contribution in [3.8, 4) is 0 Å². The highest BCUT2D eigenvalue weighted by molar-refractivity contribution is 7.80. The number of para-hydroxylation sites is 1. The second-order valence-corrected chi connectivity index (χ2v) is 9.74. The average Bonchev–Trinajstić information content (AvgIpc) is 3.65. The van der Waals surface area contributed by atoms with Crippen molar-refractivity contribution in [3.05, 3.63) is 83.9 Å². The number of nitrogens with one attached hydrogen (secondary N) is 2. The number of aryl methyl sites for hydroxylation is 1. The van der Waals surface area contributed by atoms with Gasteiger partial charge in [0, 0.05) is 49.9 Å². The molecule has 2 aliphatic heterocycles. The van der Waals surface area contributed by atoms with Crippen molar-refractivity contribution < 1.29 is 9.53 Å². The van der Waals surface area contributed by atoms with E-state index in [1.807, 2.05) is 48.7 Å². The summed E-state index contributed by atoms with van der Waals surface area (Å²) in [5.74, 6) is -0.0199. The zero-order chi connectivity index (χ0) is 24.9. The molecule has 0 radical (unpaired) electrons. The summed E-state index contributed by atoms with van der Waals surface area (Å²) in [4.78, 5) is 19.7. The number of hydrogen-bond acceptors (Lipinski definition) is 4. The first-order chi connectivity index (χ1) is 17.6. The summed E-state index contributed by atoms with van der Waals surface area (Å²) in [7, 11) is 0. The minimum absolute atomic E-state index is 0.0199. The van der Waals surface area contributed by atoms with Gasteiger partial charge < -0.3 is 24.8 Å². The highest BCUT2D eigenvalue weighted by Crippen LogP contribution is 2.39. The third-order valence-electron chi connectivity index (χ3n) is 7.04. The van der Waals surface area contributed by atoms with Crippen LogP contribution in [0.2, 0.25) is 0 Å². The highest BCUT2D eigenvalue weighted by atomic mass is 32.1. The van der Waals surface area contributed by atoms with Gasteiger partial charge in [-0.05, 0) is 67.4 Å². The summed E-state index contributed by atoms with van der Waals surface area (Å²) in [5, 5.41) is 7.22. The van der Waals surface area contributed by atoms with Gasteiger partial charge in [-0.15, -0.1) is 0 Å². The van der Waals surface area contributed by atoms with Crippen molar-refractivity contribution in [1.29, 1.82) is 0 Å². The first kappa shape index (κ1) is 24.5. The first-order valence-electron chi connectivity index (χ1n) is 12.8. The summed E-state index contributed by atoms with van der Waals surface area (Å²) >= 11 is 5.80. The van der Waals surface area contributed by atoms with Gasteiger partial charge in [-0.2, -0.15) is 0 Å². The zero-order valence-corrected chi connectivity index (χ0v) is 21.4. The van der Waals surface area contributed by atoms with Crippen LogP contribution in [0.25, 0.3) is 0 Å². The smallest absolute Gasteiger partial charge is 0.226 e. The maximum Gasteiger partial charge on any atom is 0.226 e. The maximum absolute atomic E-state index is 13.0. The Hall–Kier alpha value is -3.23. The monoisotopic (exact) mass is 503 g/mol. The SMILES string of the molecule is CCc1ccccc1NC(=O)CCN1C(=S)N[C@H](c2ccccn2)[C@@H]1c1cccn1C[C@@H]1CCCO1. The molecule has 0 bridgehead atoms. The van der Waals surface area contributed by atoms with Gasteiger partial charge in [0.15, 0.2) is 5.11 Å². The predicted octanol–water partition coefficient (Wildman–Crippen LogP) is 4.63. The van der Waals surface area contributed by atoms with Crippen LogP contribution in [-0.4, -0.2) is 44.7 Å². The number of ether oxygens (including phenoxy) is 1. The average molecular weight is 504 g/mol. The van der Waals surface area contributed by atoms with Crippen LogP contribution in [0, 0.1) is 0 Å². The van der Waals surface area contributed by atoms with Gasteiger partial charge in [0.25, 0.3) is 0 Å². The lowest BCUT2D eigenvalue weighted by molar-refractivity contribution is -0.116. The second kappa shape index (κ2) is 11.2. The van der Waals surface area contributed by atoms with E-state index in [-0.39, 0.29) is 24.1 Å². The molecule has 5 rings (SSSR count). The second-order valence-electron chi connectivity index (χ2n) is 9.35. The van der Waals surface area contributed by atoms with Crippen LogP contribution in [0.5, 0.6) is 0 Å². The lowest BCUT2D eigenvalue weighted by atomic mass is 10.0. The third kappa shape index (κ3) is 5.29. The molecule has 8 heteroatoms. The van der Waals surface area contributed by atoms with Crippen LogP contribution in [0.15, 0.2) is 67.0 Å². The third-order valence-corrected chi connectivity index (χ3v) is 7.39. The Balaban J connectivity index is 1.37. The molecular formula is C28H33N5O2S. The normalized spacial score (nSPS) is 21.5. The molecule has 2 N–H and O–H groups in total. The zero-order valence-electron chi connectivity index (χ0n) is 20.6. The Morgan fingerprint density at radius 1 is 1.19 bits per heavy atom.